The maximum atomic E-state index is 13.6. The van der Waals surface area contributed by atoms with Crippen molar-refractivity contribution in [1.29, 1.82) is 0 Å². The lowest BCUT2D eigenvalue weighted by molar-refractivity contribution is -0.384. The molecule has 20 heavy (non-hydrogen) atoms. The summed E-state index contributed by atoms with van der Waals surface area (Å²) in [4.78, 5) is 10.1. The average Bonchev–Trinajstić information content (AvgIpc) is 2.44. The highest BCUT2D eigenvalue weighted by atomic mass is 19.2. The van der Waals surface area contributed by atoms with E-state index in [1.165, 1.54) is 0 Å². The van der Waals surface area contributed by atoms with Gasteiger partial charge in [0.1, 0.15) is 0 Å². The Kier molecular flexibility index (Phi) is 4.24. The van der Waals surface area contributed by atoms with E-state index in [4.69, 9.17) is 0 Å². The van der Waals surface area contributed by atoms with Gasteiger partial charge in [-0.15, -0.1) is 0 Å². The molecular weight excluding hydrogens is 266 g/mol. The highest BCUT2D eigenvalue weighted by molar-refractivity contribution is 5.62. The van der Waals surface area contributed by atoms with Crippen LogP contribution in [-0.4, -0.2) is 11.5 Å². The van der Waals surface area contributed by atoms with Crippen LogP contribution in [-0.2, 0) is 6.42 Å². The molecule has 0 fully saturated rings. The Hall–Kier alpha value is -2.50. The van der Waals surface area contributed by atoms with E-state index < -0.39 is 27.9 Å². The Labute approximate surface area is 114 Å². The molecule has 1 N–H and O–H groups in total. The second-order valence-electron chi connectivity index (χ2n) is 4.17. The minimum absolute atomic E-state index is 0.269. The fraction of sp³-hybridized carbons (Fsp3) is 0.143. The van der Waals surface area contributed by atoms with E-state index >= 15 is 0 Å². The zero-order valence-corrected chi connectivity index (χ0v) is 10.5. The van der Waals surface area contributed by atoms with Crippen molar-refractivity contribution < 1.29 is 13.7 Å². The Morgan fingerprint density at radius 3 is 2.45 bits per heavy atom. The summed E-state index contributed by atoms with van der Waals surface area (Å²) in [7, 11) is 0. The van der Waals surface area contributed by atoms with E-state index in [1.54, 1.807) is 0 Å². The molecule has 104 valence electrons. The quantitative estimate of drug-likeness (QED) is 0.672. The maximum absolute atomic E-state index is 13.6. The monoisotopic (exact) mass is 278 g/mol. The molecule has 2 rings (SSSR count). The van der Waals surface area contributed by atoms with Crippen LogP contribution in [0, 0.1) is 21.7 Å². The number of hydrogen-bond acceptors (Lipinski definition) is 3. The van der Waals surface area contributed by atoms with Crippen molar-refractivity contribution in [3.63, 3.8) is 0 Å². The summed E-state index contributed by atoms with van der Waals surface area (Å²) in [6, 6.07) is 11.1. The van der Waals surface area contributed by atoms with Gasteiger partial charge in [0.05, 0.1) is 4.92 Å². The van der Waals surface area contributed by atoms with Crippen LogP contribution in [0.5, 0.6) is 0 Å². The van der Waals surface area contributed by atoms with Crippen molar-refractivity contribution in [2.75, 3.05) is 11.9 Å². The van der Waals surface area contributed by atoms with Gasteiger partial charge in [-0.05, 0) is 18.1 Å². The smallest absolute Gasteiger partial charge is 0.295 e. The van der Waals surface area contributed by atoms with E-state index in [9.17, 15) is 18.9 Å². The minimum Gasteiger partial charge on any atom is -0.377 e. The predicted octanol–water partition coefficient (Wildman–Crippen LogP) is 3.53. The van der Waals surface area contributed by atoms with Gasteiger partial charge >= 0.3 is 0 Å². The van der Waals surface area contributed by atoms with Crippen LogP contribution < -0.4 is 5.32 Å². The number of benzene rings is 2. The molecule has 0 spiro atoms. The van der Waals surface area contributed by atoms with Crippen LogP contribution in [0.1, 0.15) is 5.56 Å². The molecule has 6 heteroatoms. The number of halogens is 2. The van der Waals surface area contributed by atoms with E-state index in [2.05, 4.69) is 5.32 Å². The number of anilines is 1. The highest BCUT2D eigenvalue weighted by Crippen LogP contribution is 2.28. The lowest BCUT2D eigenvalue weighted by Gasteiger charge is -2.08. The third-order valence-corrected chi connectivity index (χ3v) is 2.83. The number of nitrogens with one attached hydrogen (secondary N) is 1. The number of nitrogens with zero attached hydrogens (tertiary/aromatic N) is 1. The van der Waals surface area contributed by atoms with Gasteiger partial charge in [0, 0.05) is 12.6 Å². The molecule has 0 saturated carbocycles. The van der Waals surface area contributed by atoms with Crippen molar-refractivity contribution in [3.8, 4) is 0 Å². The number of nitro groups is 1. The molecule has 2 aromatic carbocycles. The van der Waals surface area contributed by atoms with Gasteiger partial charge < -0.3 is 5.32 Å². The molecule has 2 aromatic rings. The van der Waals surface area contributed by atoms with Crippen LogP contribution >= 0.6 is 0 Å². The average molecular weight is 278 g/mol. The first-order valence-corrected chi connectivity index (χ1v) is 6.00. The van der Waals surface area contributed by atoms with Gasteiger partial charge in [0.25, 0.3) is 5.69 Å². The molecule has 4 nitrogen and oxygen atoms in total. The zero-order chi connectivity index (χ0) is 14.5. The van der Waals surface area contributed by atoms with Crippen molar-refractivity contribution in [3.05, 3.63) is 69.8 Å². The molecular formula is C14H12F2N2O2. The Morgan fingerprint density at radius 2 is 1.80 bits per heavy atom. The number of nitro benzene ring substituents is 1. The molecule has 0 saturated heterocycles. The third kappa shape index (κ3) is 3.09. The second kappa shape index (κ2) is 6.10. The molecule has 0 heterocycles. The van der Waals surface area contributed by atoms with Gasteiger partial charge in [0.15, 0.2) is 17.3 Å². The molecule has 0 amide bonds. The molecule has 0 atom stereocenters. The molecule has 0 radical (unpaired) electrons. The normalized spacial score (nSPS) is 10.3. The first kappa shape index (κ1) is 13.9. The van der Waals surface area contributed by atoms with Crippen LogP contribution in [0.25, 0.3) is 0 Å². The largest absolute Gasteiger partial charge is 0.377 e. The summed E-state index contributed by atoms with van der Waals surface area (Å²) in [5.41, 5.74) is 0.113. The topological polar surface area (TPSA) is 55.2 Å². The van der Waals surface area contributed by atoms with Gasteiger partial charge in [-0.25, -0.2) is 8.78 Å². The van der Waals surface area contributed by atoms with Crippen molar-refractivity contribution in [2.24, 2.45) is 0 Å². The lowest BCUT2D eigenvalue weighted by Crippen LogP contribution is -2.09. The fourth-order valence-corrected chi connectivity index (χ4v) is 1.84. The summed E-state index contributed by atoms with van der Waals surface area (Å²) in [5.74, 6) is -2.34. The molecule has 0 aromatic heterocycles. The third-order valence-electron chi connectivity index (χ3n) is 2.83. The van der Waals surface area contributed by atoms with Crippen LogP contribution in [0.15, 0.2) is 42.5 Å². The van der Waals surface area contributed by atoms with Gasteiger partial charge in [-0.2, -0.15) is 0 Å². The molecule has 0 aliphatic heterocycles. The highest BCUT2D eigenvalue weighted by Gasteiger charge is 2.20. The minimum atomic E-state index is -1.23. The SMILES string of the molecule is O=[N+]([O-])c1ccc(F)c(F)c1NCCc1ccccc1. The van der Waals surface area contributed by atoms with E-state index in [0.717, 1.165) is 17.7 Å². The maximum Gasteiger partial charge on any atom is 0.295 e. The summed E-state index contributed by atoms with van der Waals surface area (Å²) in [6.45, 7) is 0.269. The van der Waals surface area contributed by atoms with Gasteiger partial charge in [0.2, 0.25) is 0 Å². The van der Waals surface area contributed by atoms with Crippen molar-refractivity contribution in [2.45, 2.75) is 6.42 Å². The summed E-state index contributed by atoms with van der Waals surface area (Å²) in [5, 5.41) is 13.4. The number of hydrogen-bond donors (Lipinski definition) is 1. The van der Waals surface area contributed by atoms with Gasteiger partial charge in [-0.1, -0.05) is 30.3 Å². The summed E-state index contributed by atoms with van der Waals surface area (Å²) < 4.78 is 26.7. The summed E-state index contributed by atoms with van der Waals surface area (Å²) in [6.07, 6.45) is 0.550. The Morgan fingerprint density at radius 1 is 1.10 bits per heavy atom. The molecule has 0 bridgehead atoms. The standard InChI is InChI=1S/C14H12F2N2O2/c15-11-6-7-12(18(19)20)14(13(11)16)17-9-8-10-4-2-1-3-5-10/h1-7,17H,8-9H2. The predicted molar refractivity (Wildman–Crippen MR) is 71.6 cm³/mol. The molecule has 0 unspecified atom stereocenters. The first-order chi connectivity index (χ1) is 9.59. The van der Waals surface area contributed by atoms with E-state index in [0.29, 0.717) is 6.42 Å². The Bertz CT molecular complexity index is 618. The zero-order valence-electron chi connectivity index (χ0n) is 10.5. The van der Waals surface area contributed by atoms with E-state index in [1.807, 2.05) is 30.3 Å². The van der Waals surface area contributed by atoms with Crippen LogP contribution in [0.2, 0.25) is 0 Å². The fourth-order valence-electron chi connectivity index (χ4n) is 1.84. The Balaban J connectivity index is 2.12. The van der Waals surface area contributed by atoms with Crippen LogP contribution in [0.4, 0.5) is 20.2 Å². The van der Waals surface area contributed by atoms with Gasteiger partial charge in [-0.3, -0.25) is 10.1 Å². The van der Waals surface area contributed by atoms with E-state index in [-0.39, 0.29) is 6.54 Å². The van der Waals surface area contributed by atoms with Crippen molar-refractivity contribution >= 4 is 11.4 Å². The molecule has 0 aliphatic carbocycles. The molecule has 0 aliphatic rings. The first-order valence-electron chi connectivity index (χ1n) is 6.00. The lowest BCUT2D eigenvalue weighted by atomic mass is 10.1. The summed E-state index contributed by atoms with van der Waals surface area (Å²) >= 11 is 0. The van der Waals surface area contributed by atoms with Crippen LogP contribution in [0.3, 0.4) is 0 Å². The number of rotatable bonds is 5. The second-order valence-corrected chi connectivity index (χ2v) is 4.17. The van der Waals surface area contributed by atoms with Crippen molar-refractivity contribution in [1.82, 2.24) is 0 Å².